The van der Waals surface area contributed by atoms with E-state index < -0.39 is 0 Å². The normalized spacial score (nSPS) is 10.5. The Hall–Kier alpha value is -2.44. The third-order valence-electron chi connectivity index (χ3n) is 3.88. The van der Waals surface area contributed by atoms with Crippen LogP contribution < -0.4 is 5.32 Å². The van der Waals surface area contributed by atoms with Crippen molar-refractivity contribution >= 4 is 34.5 Å². The van der Waals surface area contributed by atoms with Crippen molar-refractivity contribution in [3.05, 3.63) is 80.2 Å². The van der Waals surface area contributed by atoms with Crippen LogP contribution in [0.5, 0.6) is 0 Å². The number of carbonyl (C=O) groups excluding carboxylic acids is 2. The van der Waals surface area contributed by atoms with Crippen LogP contribution in [0.15, 0.2) is 59.3 Å². The van der Waals surface area contributed by atoms with Gasteiger partial charge >= 0.3 is 0 Å². The van der Waals surface area contributed by atoms with E-state index in [-0.39, 0.29) is 11.8 Å². The summed E-state index contributed by atoms with van der Waals surface area (Å²) in [5.74, 6) is -0.0545. The van der Waals surface area contributed by atoms with Gasteiger partial charge in [-0.05, 0) is 40.6 Å². The van der Waals surface area contributed by atoms with Gasteiger partial charge in [0.1, 0.15) is 0 Å². The summed E-state index contributed by atoms with van der Waals surface area (Å²) < 4.78 is 0. The van der Waals surface area contributed by atoms with Gasteiger partial charge in [0, 0.05) is 28.8 Å². The lowest BCUT2D eigenvalue weighted by molar-refractivity contribution is -0.119. The molecular formula is C20H20N2O2S2. The van der Waals surface area contributed by atoms with Crippen molar-refractivity contribution in [3.8, 4) is 0 Å². The molecule has 3 rings (SSSR count). The summed E-state index contributed by atoms with van der Waals surface area (Å²) in [4.78, 5) is 28.3. The second kappa shape index (κ2) is 8.78. The van der Waals surface area contributed by atoms with Gasteiger partial charge in [-0.15, -0.1) is 22.7 Å². The quantitative estimate of drug-likeness (QED) is 0.661. The first-order valence-electron chi connectivity index (χ1n) is 8.29. The van der Waals surface area contributed by atoms with Gasteiger partial charge < -0.3 is 10.2 Å². The molecule has 134 valence electrons. The average molecular weight is 385 g/mol. The molecule has 0 bridgehead atoms. The Morgan fingerprint density at radius 3 is 1.96 bits per heavy atom. The van der Waals surface area contributed by atoms with Crippen LogP contribution in [0.25, 0.3) is 0 Å². The molecule has 0 fully saturated rings. The topological polar surface area (TPSA) is 49.4 Å². The van der Waals surface area contributed by atoms with E-state index in [1.54, 1.807) is 22.7 Å². The molecule has 2 amide bonds. The van der Waals surface area contributed by atoms with Crippen LogP contribution in [0.2, 0.25) is 0 Å². The van der Waals surface area contributed by atoms with Crippen molar-refractivity contribution in [2.75, 3.05) is 0 Å². The molecule has 0 atom stereocenters. The van der Waals surface area contributed by atoms with E-state index in [2.05, 4.69) is 17.4 Å². The summed E-state index contributed by atoms with van der Waals surface area (Å²) in [6.07, 6.45) is 0. The third-order valence-corrected chi connectivity index (χ3v) is 5.61. The van der Waals surface area contributed by atoms with Gasteiger partial charge in [0.15, 0.2) is 0 Å². The SMILES string of the molecule is CC(=O)NCc1ccc(C(=O)N(Cc2cccs2)Cc2cccs2)cc1. The molecule has 6 heteroatoms. The summed E-state index contributed by atoms with van der Waals surface area (Å²) in [5.41, 5.74) is 1.63. The maximum Gasteiger partial charge on any atom is 0.254 e. The fourth-order valence-electron chi connectivity index (χ4n) is 2.56. The van der Waals surface area contributed by atoms with Crippen LogP contribution in [0, 0.1) is 0 Å². The monoisotopic (exact) mass is 384 g/mol. The van der Waals surface area contributed by atoms with Gasteiger partial charge in [-0.1, -0.05) is 24.3 Å². The first kappa shape index (κ1) is 18.4. The summed E-state index contributed by atoms with van der Waals surface area (Å²) in [6, 6.07) is 15.5. The Labute approximate surface area is 161 Å². The van der Waals surface area contributed by atoms with Crippen molar-refractivity contribution in [2.45, 2.75) is 26.6 Å². The van der Waals surface area contributed by atoms with Crippen LogP contribution in [0.3, 0.4) is 0 Å². The first-order chi connectivity index (χ1) is 12.6. The van der Waals surface area contributed by atoms with Gasteiger partial charge in [0.05, 0.1) is 13.1 Å². The van der Waals surface area contributed by atoms with Crippen molar-refractivity contribution in [1.29, 1.82) is 0 Å². The zero-order valence-electron chi connectivity index (χ0n) is 14.5. The number of carbonyl (C=O) groups is 2. The number of thiophene rings is 2. The number of nitrogens with zero attached hydrogens (tertiary/aromatic N) is 1. The molecule has 0 aliphatic heterocycles. The smallest absolute Gasteiger partial charge is 0.254 e. The van der Waals surface area contributed by atoms with Gasteiger partial charge in [-0.25, -0.2) is 0 Å². The minimum atomic E-state index is -0.0665. The molecule has 0 saturated heterocycles. The molecule has 26 heavy (non-hydrogen) atoms. The van der Waals surface area contributed by atoms with Gasteiger partial charge in [0.2, 0.25) is 5.91 Å². The highest BCUT2D eigenvalue weighted by atomic mass is 32.1. The number of benzene rings is 1. The maximum atomic E-state index is 13.0. The molecule has 0 radical (unpaired) electrons. The Bertz CT molecular complexity index is 804. The highest BCUT2D eigenvalue weighted by Crippen LogP contribution is 2.19. The van der Waals surface area contributed by atoms with Crippen LogP contribution in [0.1, 0.15) is 32.6 Å². The zero-order chi connectivity index (χ0) is 18.4. The minimum absolute atomic E-state index is 0.0119. The van der Waals surface area contributed by atoms with Crippen molar-refractivity contribution in [1.82, 2.24) is 10.2 Å². The summed E-state index contributed by atoms with van der Waals surface area (Å²) in [6.45, 7) is 3.16. The van der Waals surface area contributed by atoms with Crippen molar-refractivity contribution in [3.63, 3.8) is 0 Å². The molecule has 0 aliphatic carbocycles. The van der Waals surface area contributed by atoms with Crippen LogP contribution in [-0.2, 0) is 24.4 Å². The molecule has 0 spiro atoms. The summed E-state index contributed by atoms with van der Waals surface area (Å²) >= 11 is 3.32. The molecule has 3 aromatic rings. The number of hydrogen-bond donors (Lipinski definition) is 1. The highest BCUT2D eigenvalue weighted by molar-refractivity contribution is 7.10. The molecular weight excluding hydrogens is 364 g/mol. The Morgan fingerprint density at radius 2 is 1.50 bits per heavy atom. The highest BCUT2D eigenvalue weighted by Gasteiger charge is 2.17. The Morgan fingerprint density at radius 1 is 0.923 bits per heavy atom. The number of rotatable bonds is 7. The van der Waals surface area contributed by atoms with E-state index in [4.69, 9.17) is 0 Å². The number of amides is 2. The molecule has 0 aliphatic rings. The summed E-state index contributed by atoms with van der Waals surface area (Å²) in [7, 11) is 0. The average Bonchev–Trinajstić information content (AvgIpc) is 3.33. The summed E-state index contributed by atoms with van der Waals surface area (Å²) in [5, 5.41) is 6.82. The predicted octanol–water partition coefficient (Wildman–Crippen LogP) is 4.29. The zero-order valence-corrected chi connectivity index (χ0v) is 16.1. The lowest BCUT2D eigenvalue weighted by Crippen LogP contribution is -2.29. The van der Waals surface area contributed by atoms with E-state index in [0.717, 1.165) is 15.3 Å². The molecule has 0 saturated carbocycles. The molecule has 4 nitrogen and oxygen atoms in total. The van der Waals surface area contributed by atoms with Crippen LogP contribution >= 0.6 is 22.7 Å². The third kappa shape index (κ3) is 5.03. The first-order valence-corrected chi connectivity index (χ1v) is 10.0. The number of hydrogen-bond acceptors (Lipinski definition) is 4. The predicted molar refractivity (Wildman–Crippen MR) is 106 cm³/mol. The van der Waals surface area contributed by atoms with E-state index in [9.17, 15) is 9.59 Å². The second-order valence-electron chi connectivity index (χ2n) is 5.93. The Balaban J connectivity index is 1.74. The molecule has 1 N–H and O–H groups in total. The minimum Gasteiger partial charge on any atom is -0.352 e. The fraction of sp³-hybridized carbons (Fsp3) is 0.200. The number of nitrogens with one attached hydrogen (secondary N) is 1. The molecule has 1 aromatic carbocycles. The van der Waals surface area contributed by atoms with Crippen molar-refractivity contribution in [2.24, 2.45) is 0 Å². The van der Waals surface area contributed by atoms with Gasteiger partial charge in [0.25, 0.3) is 5.91 Å². The lowest BCUT2D eigenvalue weighted by Gasteiger charge is -2.22. The van der Waals surface area contributed by atoms with E-state index in [0.29, 0.717) is 25.2 Å². The fourth-order valence-corrected chi connectivity index (χ4v) is 3.99. The molecule has 2 heterocycles. The van der Waals surface area contributed by atoms with Gasteiger partial charge in [-0.3, -0.25) is 9.59 Å². The van der Waals surface area contributed by atoms with E-state index in [1.807, 2.05) is 52.1 Å². The molecule has 0 unspecified atom stereocenters. The largest absolute Gasteiger partial charge is 0.352 e. The lowest BCUT2D eigenvalue weighted by atomic mass is 10.1. The van der Waals surface area contributed by atoms with Crippen LogP contribution in [-0.4, -0.2) is 16.7 Å². The van der Waals surface area contributed by atoms with Crippen molar-refractivity contribution < 1.29 is 9.59 Å². The Kier molecular flexibility index (Phi) is 6.20. The molecule has 2 aromatic heterocycles. The van der Waals surface area contributed by atoms with Crippen LogP contribution in [0.4, 0.5) is 0 Å². The second-order valence-corrected chi connectivity index (χ2v) is 7.99. The van der Waals surface area contributed by atoms with Gasteiger partial charge in [-0.2, -0.15) is 0 Å². The van der Waals surface area contributed by atoms with E-state index in [1.165, 1.54) is 6.92 Å². The van der Waals surface area contributed by atoms with E-state index >= 15 is 0 Å². The maximum absolute atomic E-state index is 13.0. The standard InChI is InChI=1S/C20H20N2O2S2/c1-15(23)21-12-16-6-8-17(9-7-16)20(24)22(13-18-4-2-10-25-18)14-19-5-3-11-26-19/h2-11H,12-14H2,1H3,(H,21,23).